The molecule has 0 spiro atoms. The third kappa shape index (κ3) is 3.26. The van der Waals surface area contributed by atoms with E-state index in [4.69, 9.17) is 13.6 Å². The highest BCUT2D eigenvalue weighted by Gasteiger charge is 2.22. The zero-order chi connectivity index (χ0) is 19.7. The third-order valence-electron chi connectivity index (χ3n) is 4.62. The molecule has 4 rings (SSSR count). The van der Waals surface area contributed by atoms with Crippen molar-refractivity contribution in [2.24, 2.45) is 0 Å². The molecule has 1 aromatic carbocycles. The molecule has 28 heavy (non-hydrogen) atoms. The first-order valence-corrected chi connectivity index (χ1v) is 8.97. The lowest BCUT2D eigenvalue weighted by atomic mass is 10.2. The Morgan fingerprint density at radius 3 is 2.79 bits per heavy atom. The number of nitrogens with one attached hydrogen (secondary N) is 1. The molecule has 1 atom stereocenters. The molecule has 0 aliphatic heterocycles. The first-order chi connectivity index (χ1) is 13.6. The van der Waals surface area contributed by atoms with Gasteiger partial charge in [-0.15, -0.1) is 0 Å². The quantitative estimate of drug-likeness (QED) is 0.550. The Bertz CT molecular complexity index is 1110. The summed E-state index contributed by atoms with van der Waals surface area (Å²) in [5, 5.41) is 8.28. The fourth-order valence-electron chi connectivity index (χ4n) is 3.34. The molecule has 1 N–H and O–H groups in total. The van der Waals surface area contributed by atoms with Gasteiger partial charge in [0.05, 0.1) is 19.1 Å². The van der Waals surface area contributed by atoms with Crippen molar-refractivity contribution in [2.75, 3.05) is 13.7 Å². The number of rotatable bonds is 6. The molecule has 7 heteroatoms. The second kappa shape index (κ2) is 7.26. The summed E-state index contributed by atoms with van der Waals surface area (Å²) in [5.74, 6) is 1.23. The van der Waals surface area contributed by atoms with Crippen LogP contribution in [-0.4, -0.2) is 29.3 Å². The summed E-state index contributed by atoms with van der Waals surface area (Å²) in [6.45, 7) is 4.22. The van der Waals surface area contributed by atoms with Crippen LogP contribution >= 0.6 is 0 Å². The minimum Gasteiger partial charge on any atom is -0.493 e. The SMILES string of the molecule is COc1cccc2cc(C(=O)NCC(c3ccco3)n3nc(C)cc3C)oc12. The summed E-state index contributed by atoms with van der Waals surface area (Å²) >= 11 is 0. The molecule has 0 aliphatic carbocycles. The van der Waals surface area contributed by atoms with Crippen molar-refractivity contribution in [2.45, 2.75) is 19.9 Å². The van der Waals surface area contributed by atoms with Crippen LogP contribution in [-0.2, 0) is 0 Å². The Labute approximate surface area is 161 Å². The van der Waals surface area contributed by atoms with Gasteiger partial charge < -0.3 is 18.9 Å². The van der Waals surface area contributed by atoms with Gasteiger partial charge in [-0.2, -0.15) is 5.10 Å². The van der Waals surface area contributed by atoms with Crippen LogP contribution in [0.4, 0.5) is 0 Å². The van der Waals surface area contributed by atoms with Crippen molar-refractivity contribution in [3.63, 3.8) is 0 Å². The van der Waals surface area contributed by atoms with Crippen LogP contribution in [0.3, 0.4) is 0 Å². The number of ether oxygens (including phenoxy) is 1. The number of hydrogen-bond acceptors (Lipinski definition) is 5. The number of hydrogen-bond donors (Lipinski definition) is 1. The van der Waals surface area contributed by atoms with Crippen molar-refractivity contribution in [3.8, 4) is 5.75 Å². The van der Waals surface area contributed by atoms with Gasteiger partial charge in [0.15, 0.2) is 17.1 Å². The number of amides is 1. The van der Waals surface area contributed by atoms with Crippen molar-refractivity contribution in [1.29, 1.82) is 0 Å². The number of fused-ring (bicyclic) bond motifs is 1. The topological polar surface area (TPSA) is 82.4 Å². The molecule has 1 unspecified atom stereocenters. The average Bonchev–Trinajstić information content (AvgIpc) is 3.41. The highest BCUT2D eigenvalue weighted by atomic mass is 16.5. The molecule has 0 fully saturated rings. The van der Waals surface area contributed by atoms with Crippen molar-refractivity contribution in [3.05, 3.63) is 71.6 Å². The van der Waals surface area contributed by atoms with Gasteiger partial charge in [0, 0.05) is 17.6 Å². The first kappa shape index (κ1) is 17.9. The fraction of sp³-hybridized carbons (Fsp3) is 0.238. The molecule has 0 saturated heterocycles. The molecular formula is C21H21N3O4. The van der Waals surface area contributed by atoms with E-state index < -0.39 is 0 Å². The van der Waals surface area contributed by atoms with Crippen LogP contribution in [0.2, 0.25) is 0 Å². The monoisotopic (exact) mass is 379 g/mol. The zero-order valence-corrected chi connectivity index (χ0v) is 15.9. The number of aromatic nitrogens is 2. The molecule has 0 bridgehead atoms. The molecule has 0 aliphatic rings. The summed E-state index contributed by atoms with van der Waals surface area (Å²) in [6.07, 6.45) is 1.61. The van der Waals surface area contributed by atoms with Crippen LogP contribution < -0.4 is 10.1 Å². The summed E-state index contributed by atoms with van der Waals surface area (Å²) in [4.78, 5) is 12.7. The van der Waals surface area contributed by atoms with Gasteiger partial charge >= 0.3 is 0 Å². The zero-order valence-electron chi connectivity index (χ0n) is 15.9. The maximum atomic E-state index is 12.7. The second-order valence-electron chi connectivity index (χ2n) is 6.60. The third-order valence-corrected chi connectivity index (χ3v) is 4.62. The van der Waals surface area contributed by atoms with Crippen LogP contribution in [0.25, 0.3) is 11.0 Å². The van der Waals surface area contributed by atoms with Crippen LogP contribution in [0.1, 0.15) is 33.7 Å². The van der Waals surface area contributed by atoms with E-state index in [2.05, 4.69) is 10.4 Å². The van der Waals surface area contributed by atoms with Crippen molar-refractivity contribution in [1.82, 2.24) is 15.1 Å². The Morgan fingerprint density at radius 1 is 1.25 bits per heavy atom. The largest absolute Gasteiger partial charge is 0.493 e. The van der Waals surface area contributed by atoms with Gasteiger partial charge in [-0.3, -0.25) is 9.48 Å². The molecule has 4 aromatic rings. The number of nitrogens with zero attached hydrogens (tertiary/aromatic N) is 2. The average molecular weight is 379 g/mol. The highest BCUT2D eigenvalue weighted by molar-refractivity contribution is 5.97. The van der Waals surface area contributed by atoms with Crippen molar-refractivity contribution >= 4 is 16.9 Å². The standard InChI is InChI=1S/C21H21N3O4/c1-13-10-14(2)24(23-13)16(17-8-5-9-27-17)12-22-21(25)19-11-15-6-4-7-18(26-3)20(15)28-19/h4-11,16H,12H2,1-3H3,(H,22,25). The molecule has 7 nitrogen and oxygen atoms in total. The van der Waals surface area contributed by atoms with E-state index >= 15 is 0 Å². The Balaban J connectivity index is 1.57. The molecule has 3 aromatic heterocycles. The summed E-state index contributed by atoms with van der Waals surface area (Å²) in [7, 11) is 1.57. The Kier molecular flexibility index (Phi) is 4.65. The number of carbonyl (C=O) groups is 1. The van der Waals surface area contributed by atoms with E-state index in [1.807, 2.05) is 48.9 Å². The number of methoxy groups -OCH3 is 1. The van der Waals surface area contributed by atoms with Gasteiger partial charge in [0.25, 0.3) is 5.91 Å². The van der Waals surface area contributed by atoms with Gasteiger partial charge in [0.2, 0.25) is 0 Å². The number of furan rings is 2. The Morgan fingerprint density at radius 2 is 2.11 bits per heavy atom. The lowest BCUT2D eigenvalue weighted by Gasteiger charge is -2.17. The summed E-state index contributed by atoms with van der Waals surface area (Å²) < 4.78 is 18.5. The molecule has 3 heterocycles. The number of benzene rings is 1. The van der Waals surface area contributed by atoms with E-state index in [1.54, 1.807) is 25.5 Å². The lowest BCUT2D eigenvalue weighted by Crippen LogP contribution is -2.31. The number of para-hydroxylation sites is 1. The maximum absolute atomic E-state index is 12.7. The summed E-state index contributed by atoms with van der Waals surface area (Å²) in [6, 6.07) is 12.7. The van der Waals surface area contributed by atoms with E-state index in [9.17, 15) is 4.79 Å². The number of aryl methyl sites for hydroxylation is 2. The lowest BCUT2D eigenvalue weighted by molar-refractivity contribution is 0.0922. The fourth-order valence-corrected chi connectivity index (χ4v) is 3.34. The van der Waals surface area contributed by atoms with Gasteiger partial charge in [0.1, 0.15) is 11.8 Å². The second-order valence-corrected chi connectivity index (χ2v) is 6.60. The smallest absolute Gasteiger partial charge is 0.287 e. The molecule has 1 amide bonds. The highest BCUT2D eigenvalue weighted by Crippen LogP contribution is 2.28. The van der Waals surface area contributed by atoms with Crippen LogP contribution in [0.15, 0.2) is 57.6 Å². The molecule has 0 saturated carbocycles. The van der Waals surface area contributed by atoms with E-state index in [0.29, 0.717) is 17.9 Å². The predicted molar refractivity (Wildman–Crippen MR) is 104 cm³/mol. The van der Waals surface area contributed by atoms with E-state index in [1.165, 1.54) is 0 Å². The van der Waals surface area contributed by atoms with Crippen LogP contribution in [0.5, 0.6) is 5.75 Å². The predicted octanol–water partition coefficient (Wildman–Crippen LogP) is 3.87. The first-order valence-electron chi connectivity index (χ1n) is 8.97. The van der Waals surface area contributed by atoms with E-state index in [0.717, 1.165) is 22.5 Å². The van der Waals surface area contributed by atoms with Gasteiger partial charge in [-0.05, 0) is 44.2 Å². The van der Waals surface area contributed by atoms with E-state index in [-0.39, 0.29) is 17.7 Å². The van der Waals surface area contributed by atoms with Crippen LogP contribution in [0, 0.1) is 13.8 Å². The summed E-state index contributed by atoms with van der Waals surface area (Å²) in [5.41, 5.74) is 2.45. The molecule has 0 radical (unpaired) electrons. The van der Waals surface area contributed by atoms with Crippen molar-refractivity contribution < 1.29 is 18.4 Å². The molecule has 144 valence electrons. The normalized spacial score (nSPS) is 12.2. The van der Waals surface area contributed by atoms with Gasteiger partial charge in [-0.25, -0.2) is 0 Å². The maximum Gasteiger partial charge on any atom is 0.287 e. The number of carbonyl (C=O) groups excluding carboxylic acids is 1. The minimum absolute atomic E-state index is 0.228. The molecular weight excluding hydrogens is 358 g/mol. The minimum atomic E-state index is -0.309. The Hall–Kier alpha value is -3.48. The van der Waals surface area contributed by atoms with Gasteiger partial charge in [-0.1, -0.05) is 12.1 Å².